The second kappa shape index (κ2) is 39.7. The molecule has 124 heavy (non-hydrogen) atoms. The summed E-state index contributed by atoms with van der Waals surface area (Å²) in [5.74, 6) is 1.53. The van der Waals surface area contributed by atoms with Crippen LogP contribution in [-0.4, -0.2) is 324 Å². The number of hydrogen-bond acceptors (Lipinski definition) is 47. The normalized spacial score (nSPS) is 36.5. The molecule has 0 amide bonds. The highest BCUT2D eigenvalue weighted by Crippen LogP contribution is 2.68. The van der Waals surface area contributed by atoms with Gasteiger partial charge in [0.25, 0.3) is 0 Å². The van der Waals surface area contributed by atoms with Gasteiger partial charge in [0.15, 0.2) is 43.5 Å². The molecule has 0 unspecified atom stereocenters. The molecule has 28 atom stereocenters. The van der Waals surface area contributed by atoms with Crippen LogP contribution >= 0.6 is 0 Å². The van der Waals surface area contributed by atoms with Crippen LogP contribution in [0.15, 0.2) is 11.6 Å². The Morgan fingerprint density at radius 1 is 0.339 bits per heavy atom. The molecule has 4 saturated heterocycles. The Morgan fingerprint density at radius 3 is 0.968 bits per heavy atom. The van der Waals surface area contributed by atoms with Gasteiger partial charge in [-0.2, -0.15) is 109 Å². The first kappa shape index (κ1) is 107. The molecule has 0 spiro atoms. The van der Waals surface area contributed by atoms with Gasteiger partial charge in [-0.25, -0.2) is 54.4 Å². The van der Waals surface area contributed by atoms with Crippen molar-refractivity contribution < 1.29 is 261 Å². The first-order chi connectivity index (χ1) is 55.9. The molecule has 0 aromatic rings. The van der Waals surface area contributed by atoms with Crippen molar-refractivity contribution in [2.24, 2.45) is 46.3 Å². The van der Waals surface area contributed by atoms with Gasteiger partial charge in [-0.1, -0.05) is 65.5 Å². The molecule has 0 aromatic heterocycles. The summed E-state index contributed by atoms with van der Waals surface area (Å²) in [6.07, 6.45) is -64.6. The third-order valence-corrected chi connectivity index (χ3v) is 27.4. The maximum atomic E-state index is 13.5. The van der Waals surface area contributed by atoms with Gasteiger partial charge in [-0.15, -0.1) is 0 Å². The van der Waals surface area contributed by atoms with Crippen LogP contribution in [0.25, 0.3) is 0 Å². The SMILES string of the molecule is CC(C)CCC[C@@H](C)[C@H]1CC[C@H]2[C@@H]3CC=C4C[C@@H](O[C@H]5O[C@H](COS(=O)(=O)O)[C@@H](OS(=O)(=O)O)[C@H](OS(=O)(=O)O)[C@@H]5O[C@H]5O[C@H](COS(=O)(=O)O)[C@@H](OS(=O)(=O)O)[C@H](O[C@H]6O[C@H](COS(=O)(=O)O)[C@@H](OS(=O)(=O)O)[C@H](O[C@H]7O[C@H](COS(=O)(=O)O)[C@@H](OS(=O)(=O)O)[C@H](OS(=O)(=O)O)[C@@H]7OS(=O)(=O)O)[C@@H]6OS(=O)(=O)O)[C@@H]5OS(=O)(=O)O)CC[C@]4(C)[C@H]3CC[C@]12C. The van der Waals surface area contributed by atoms with Crippen LogP contribution in [0.5, 0.6) is 0 Å². The molecule has 0 aromatic carbocycles. The summed E-state index contributed by atoms with van der Waals surface area (Å²) < 4.78 is 565. The van der Waals surface area contributed by atoms with Crippen molar-refractivity contribution in [1.29, 1.82) is 0 Å². The van der Waals surface area contributed by atoms with E-state index in [9.17, 15) is 169 Å². The predicted molar refractivity (Wildman–Crippen MR) is 385 cm³/mol. The molecule has 8 aliphatic rings. The van der Waals surface area contributed by atoms with Gasteiger partial charge in [0, 0.05) is 0 Å². The fourth-order valence-corrected chi connectivity index (χ4v) is 23.0. The van der Waals surface area contributed by atoms with Gasteiger partial charge in [0.1, 0.15) is 79.4 Å². The molecule has 0 bridgehead atoms. The fourth-order valence-electron chi connectivity index (χ4n) is 17.2. The van der Waals surface area contributed by atoms with Crippen LogP contribution < -0.4 is 0 Å². The molecule has 13 N–H and O–H groups in total. The Hall–Kier alpha value is -2.27. The zero-order chi connectivity index (χ0) is 93.8. The highest BCUT2D eigenvalue weighted by atomic mass is 32.3. The predicted octanol–water partition coefficient (Wildman–Crippen LogP) is -3.56. The maximum Gasteiger partial charge on any atom is 0.397 e. The van der Waals surface area contributed by atoms with Crippen molar-refractivity contribution in [1.82, 2.24) is 0 Å². The second-order valence-corrected chi connectivity index (χ2v) is 43.8. The Bertz CT molecular complexity index is 5390. The van der Waals surface area contributed by atoms with Gasteiger partial charge in [0.2, 0.25) is 0 Å². The Balaban J connectivity index is 1.35. The molecule has 60 nitrogen and oxygen atoms in total. The second-order valence-electron chi connectivity index (χ2n) is 30.0. The zero-order valence-electron chi connectivity index (χ0n) is 63.6. The van der Waals surface area contributed by atoms with Gasteiger partial charge >= 0.3 is 135 Å². The summed E-state index contributed by atoms with van der Waals surface area (Å²) in [5.41, 5.74) is -0.120. The molecule has 4 aliphatic carbocycles. The van der Waals surface area contributed by atoms with Crippen LogP contribution in [0.2, 0.25) is 0 Å². The van der Waals surface area contributed by atoms with E-state index in [1.807, 2.05) is 13.0 Å². The molecule has 3 saturated carbocycles. The van der Waals surface area contributed by atoms with E-state index >= 15 is 0 Å². The summed E-state index contributed by atoms with van der Waals surface area (Å²) >= 11 is 0. The number of hydrogen-bond donors (Lipinski definition) is 13. The van der Waals surface area contributed by atoms with E-state index in [0.717, 1.165) is 38.5 Å². The van der Waals surface area contributed by atoms with E-state index in [4.69, 9.17) is 46.3 Å². The van der Waals surface area contributed by atoms with Crippen molar-refractivity contribution >= 4 is 135 Å². The molecular weight excluding hydrogens is 1990 g/mol. The van der Waals surface area contributed by atoms with E-state index in [-0.39, 0.29) is 42.4 Å². The maximum absolute atomic E-state index is 13.5. The molecule has 0 radical (unpaired) electrons. The topological polar surface area (TPSA) is 901 Å². The van der Waals surface area contributed by atoms with E-state index in [0.29, 0.717) is 36.2 Å². The van der Waals surface area contributed by atoms with E-state index in [2.05, 4.69) is 73.7 Å². The summed E-state index contributed by atoms with van der Waals surface area (Å²) in [7, 11) is -83.8. The molecule has 4 heterocycles. The summed E-state index contributed by atoms with van der Waals surface area (Å²) in [6, 6.07) is 0. The van der Waals surface area contributed by atoms with Gasteiger partial charge in [0.05, 0.1) is 32.5 Å². The van der Waals surface area contributed by atoms with E-state index in [1.54, 1.807) is 0 Å². The van der Waals surface area contributed by atoms with Gasteiger partial charge in [-0.3, -0.25) is 59.2 Å². The summed E-state index contributed by atoms with van der Waals surface area (Å²) in [4.78, 5) is 0. The Morgan fingerprint density at radius 2 is 0.637 bits per heavy atom. The van der Waals surface area contributed by atoms with Crippen LogP contribution in [0.4, 0.5) is 0 Å². The van der Waals surface area contributed by atoms with Gasteiger partial charge < -0.3 is 37.9 Å². The largest absolute Gasteiger partial charge is 0.397 e. The highest BCUT2D eigenvalue weighted by molar-refractivity contribution is 7.83. The third-order valence-electron chi connectivity index (χ3n) is 21.4. The molecule has 7 fully saturated rings. The lowest BCUT2D eigenvalue weighted by Crippen LogP contribution is -2.70. The van der Waals surface area contributed by atoms with E-state index < -0.39 is 296 Å². The average molecular weight is 2080 g/mol. The molecule has 8 rings (SSSR count). The van der Waals surface area contributed by atoms with Gasteiger partial charge in [-0.05, 0) is 97.7 Å². The molecule has 73 heteroatoms. The molecule has 4 aliphatic heterocycles. The minimum atomic E-state index is -6.88. The minimum Gasteiger partial charge on any atom is -0.346 e. The zero-order valence-corrected chi connectivity index (χ0v) is 74.2. The lowest BCUT2D eigenvalue weighted by molar-refractivity contribution is -0.385. The Labute approximate surface area is 710 Å². The van der Waals surface area contributed by atoms with Crippen molar-refractivity contribution in [3.63, 3.8) is 0 Å². The lowest BCUT2D eigenvalue weighted by Gasteiger charge is -2.58. The quantitative estimate of drug-likeness (QED) is 0.0208. The average Bonchev–Trinajstić information content (AvgIpc) is 1.19. The highest BCUT2D eigenvalue weighted by Gasteiger charge is 2.65. The monoisotopic (exact) mass is 2070 g/mol. The van der Waals surface area contributed by atoms with Crippen molar-refractivity contribution in [2.75, 3.05) is 26.4 Å². The summed E-state index contributed by atoms with van der Waals surface area (Å²) in [6.45, 7) is 1.97. The molecule has 728 valence electrons. The first-order valence-electron chi connectivity index (χ1n) is 35.3. The number of ether oxygens (including phenoxy) is 8. The minimum absolute atomic E-state index is 0.0347. The van der Waals surface area contributed by atoms with E-state index in [1.165, 1.54) is 0 Å². The van der Waals surface area contributed by atoms with Crippen LogP contribution in [0.3, 0.4) is 0 Å². The van der Waals surface area contributed by atoms with Crippen LogP contribution in [0, 0.1) is 46.3 Å². The van der Waals surface area contributed by atoms with Crippen LogP contribution in [-0.2, 0) is 227 Å². The van der Waals surface area contributed by atoms with Crippen molar-refractivity contribution in [3.05, 3.63) is 11.6 Å². The Kier molecular flexibility index (Phi) is 34.3. The van der Waals surface area contributed by atoms with Crippen molar-refractivity contribution in [3.8, 4) is 0 Å². The smallest absolute Gasteiger partial charge is 0.346 e. The first-order valence-corrected chi connectivity index (χ1v) is 53.0. The standard InChI is InChI=1S/C51H86O60S13/c1-22(2)7-6-8-23(3)27-11-12-28-26-10-9-24-17-25(13-15-50(24,4)29(26)14-16-51(27,28)5)95-46-42(40(107-120(76,77)78)36(105-118(70,71)72)32(96-46)20-93-114(58,59)60)102-48-44(110-123(85,86)87)39(35(104-117(67,68)69)31(98-48)19-92-113(55,56)57)100-47-43(109-122(82,83)84)38(34(103-116(64,65)66)30(97-47)18-91-112(52,53)54)101-49-45(111-124(88,89)90)41(108-121(79,80)81)37(106-119(73,74)75)33(99-49)21-94-115(61,62)63/h9,22-23,25-49H,6-8,10-21H2,1-5H3,(H,52,53,54)(H,55,56,57)(H,58,59,60)(H,61,62,63)(H,64,65,66)(H,67,68,69)(H,70,71,72)(H,73,74,75)(H,76,77,78)(H,79,80,81)(H,82,83,84)(H,85,86,87)(H,88,89,90)/t23-,25+,26+,27-,28+,29+,30-,31-,32-,33-,34-,35-,36-,37-,38+,39+,40+,41+,42+,43+,44+,45+,46+,47-,48-,49-,50+,51-/m1/s1. The molecular formula is C51H86O60S13. The van der Waals surface area contributed by atoms with Crippen LogP contribution in [0.1, 0.15) is 105 Å². The lowest BCUT2D eigenvalue weighted by atomic mass is 9.47. The number of allylic oxidation sites excluding steroid dienone is 1. The third kappa shape index (κ3) is 31.7. The summed E-state index contributed by atoms with van der Waals surface area (Å²) in [5, 5.41) is 0. The van der Waals surface area contributed by atoms with Crippen molar-refractivity contribution in [2.45, 2.75) is 234 Å². The number of fused-ring (bicyclic) bond motifs is 5. The fraction of sp³-hybridized carbons (Fsp3) is 0.961. The number of rotatable bonds is 43.